The number of ether oxygens (including phenoxy) is 2. The molecule has 0 saturated heterocycles. The molecule has 0 bridgehead atoms. The number of alkyl halides is 3. The molecule has 0 spiro atoms. The van der Waals surface area contributed by atoms with Crippen LogP contribution < -0.4 is 15.5 Å². The van der Waals surface area contributed by atoms with Crippen LogP contribution >= 0.6 is 12.2 Å². The van der Waals surface area contributed by atoms with E-state index in [9.17, 15) is 13.2 Å². The normalized spacial score (nSPS) is 11.5. The highest BCUT2D eigenvalue weighted by Gasteiger charge is 2.31. The Bertz CT molecular complexity index is 1050. The molecule has 2 N–H and O–H groups in total. The molecule has 0 aliphatic heterocycles. The molecule has 0 radical (unpaired) electrons. The number of halogens is 3. The monoisotopic (exact) mass is 464 g/mol. The quantitative estimate of drug-likeness (QED) is 0.229. The molecule has 168 valence electrons. The maximum Gasteiger partial charge on any atom is 0.573 e. The van der Waals surface area contributed by atoms with E-state index in [2.05, 4.69) is 30.7 Å². The van der Waals surface area contributed by atoms with E-state index in [4.69, 9.17) is 17.0 Å². The van der Waals surface area contributed by atoms with E-state index in [1.54, 1.807) is 13.3 Å². The summed E-state index contributed by atoms with van der Waals surface area (Å²) in [5.74, 6) is 0.158. The van der Waals surface area contributed by atoms with Gasteiger partial charge in [-0.25, -0.2) is 9.67 Å². The average molecular weight is 464 g/mol. The van der Waals surface area contributed by atoms with Gasteiger partial charge in [-0.1, -0.05) is 24.3 Å². The molecule has 32 heavy (non-hydrogen) atoms. The highest BCUT2D eigenvalue weighted by atomic mass is 32.1. The predicted octanol–water partition coefficient (Wildman–Crippen LogP) is 3.28. The summed E-state index contributed by atoms with van der Waals surface area (Å²) in [6.07, 6.45) is -1.64. The third-order valence-corrected chi connectivity index (χ3v) is 4.20. The van der Waals surface area contributed by atoms with Crippen molar-refractivity contribution < 1.29 is 22.6 Å². The van der Waals surface area contributed by atoms with Crippen molar-refractivity contribution in [3.05, 3.63) is 60.4 Å². The summed E-state index contributed by atoms with van der Waals surface area (Å²) in [6, 6.07) is 12.7. The van der Waals surface area contributed by atoms with Gasteiger partial charge in [0.05, 0.1) is 18.5 Å². The maximum atomic E-state index is 12.3. The number of rotatable bonds is 8. The number of hydrazone groups is 1. The van der Waals surface area contributed by atoms with Gasteiger partial charge in [0.2, 0.25) is 0 Å². The molecule has 3 aromatic rings. The summed E-state index contributed by atoms with van der Waals surface area (Å²) in [5.41, 5.74) is 4.85. The number of hydrogen-bond donors (Lipinski definition) is 2. The molecule has 0 aliphatic rings. The minimum Gasteiger partial charge on any atom is -0.406 e. The summed E-state index contributed by atoms with van der Waals surface area (Å²) in [6.45, 7) is 1.12. The van der Waals surface area contributed by atoms with Gasteiger partial charge in [-0.05, 0) is 42.0 Å². The topological polar surface area (TPSA) is 85.6 Å². The van der Waals surface area contributed by atoms with Crippen LogP contribution in [0.4, 0.5) is 13.2 Å². The molecular weight excluding hydrogens is 445 g/mol. The standard InChI is InChI=1S/C20H19F3N6O2S/c1-30-11-10-24-19(32)27-26-12-14-2-4-15(5-3-14)18-25-13-29(28-18)16-6-8-17(9-7-16)31-20(21,22)23/h2-9,12-13H,10-11H2,1H3,(H2,24,27,32)/b26-12+. The van der Waals surface area contributed by atoms with Gasteiger partial charge in [0.25, 0.3) is 0 Å². The Morgan fingerprint density at radius 1 is 1.16 bits per heavy atom. The Hall–Kier alpha value is -3.51. The first-order valence-corrected chi connectivity index (χ1v) is 9.69. The van der Waals surface area contributed by atoms with E-state index < -0.39 is 6.36 Å². The molecule has 12 heteroatoms. The van der Waals surface area contributed by atoms with E-state index in [0.717, 1.165) is 11.1 Å². The molecular formula is C20H19F3N6O2S. The summed E-state index contributed by atoms with van der Waals surface area (Å²) in [7, 11) is 1.61. The fourth-order valence-corrected chi connectivity index (χ4v) is 2.66. The van der Waals surface area contributed by atoms with E-state index in [-0.39, 0.29) is 5.75 Å². The van der Waals surface area contributed by atoms with Gasteiger partial charge < -0.3 is 14.8 Å². The number of thiocarbonyl (C=S) groups is 1. The van der Waals surface area contributed by atoms with Gasteiger partial charge in [0, 0.05) is 19.2 Å². The number of nitrogens with zero attached hydrogens (tertiary/aromatic N) is 4. The molecule has 1 aromatic heterocycles. The first-order chi connectivity index (χ1) is 15.3. The zero-order valence-electron chi connectivity index (χ0n) is 16.8. The zero-order valence-corrected chi connectivity index (χ0v) is 17.7. The van der Waals surface area contributed by atoms with Crippen molar-refractivity contribution in [1.82, 2.24) is 25.5 Å². The maximum absolute atomic E-state index is 12.3. The minimum absolute atomic E-state index is 0.306. The van der Waals surface area contributed by atoms with Crippen LogP contribution in [0.25, 0.3) is 17.1 Å². The van der Waals surface area contributed by atoms with Crippen LogP contribution in [0.2, 0.25) is 0 Å². The van der Waals surface area contributed by atoms with Crippen LogP contribution in [0.3, 0.4) is 0 Å². The Morgan fingerprint density at radius 3 is 2.53 bits per heavy atom. The van der Waals surface area contributed by atoms with Crippen LogP contribution in [0.5, 0.6) is 5.75 Å². The smallest absolute Gasteiger partial charge is 0.406 e. The Balaban J connectivity index is 1.59. The lowest BCUT2D eigenvalue weighted by atomic mass is 10.1. The van der Waals surface area contributed by atoms with Crippen molar-refractivity contribution in [2.75, 3.05) is 20.3 Å². The van der Waals surface area contributed by atoms with Gasteiger partial charge in [-0.3, -0.25) is 5.43 Å². The minimum atomic E-state index is -4.73. The SMILES string of the molecule is COCCNC(=S)N/N=C/c1ccc(-c2ncn(-c3ccc(OC(F)(F)F)cc3)n2)cc1. The van der Waals surface area contributed by atoms with Gasteiger partial charge in [-0.2, -0.15) is 5.10 Å². The fourth-order valence-electron chi connectivity index (χ4n) is 2.51. The summed E-state index contributed by atoms with van der Waals surface area (Å²) < 4.78 is 47.1. The van der Waals surface area contributed by atoms with Crippen LogP contribution in [-0.4, -0.2) is 52.7 Å². The average Bonchev–Trinajstić information content (AvgIpc) is 3.24. The van der Waals surface area contributed by atoms with Crippen molar-refractivity contribution in [2.45, 2.75) is 6.36 Å². The summed E-state index contributed by atoms with van der Waals surface area (Å²) in [4.78, 5) is 4.25. The summed E-state index contributed by atoms with van der Waals surface area (Å²) in [5, 5.41) is 11.8. The van der Waals surface area contributed by atoms with Gasteiger partial charge in [0.1, 0.15) is 12.1 Å². The number of nitrogens with one attached hydrogen (secondary N) is 2. The molecule has 0 atom stereocenters. The van der Waals surface area contributed by atoms with Crippen LogP contribution in [-0.2, 0) is 4.74 Å². The zero-order chi connectivity index (χ0) is 23.0. The van der Waals surface area contributed by atoms with Gasteiger partial charge >= 0.3 is 6.36 Å². The second-order valence-electron chi connectivity index (χ2n) is 6.30. The molecule has 1 heterocycles. The predicted molar refractivity (Wildman–Crippen MR) is 117 cm³/mol. The van der Waals surface area contributed by atoms with Crippen molar-refractivity contribution in [3.8, 4) is 22.8 Å². The lowest BCUT2D eigenvalue weighted by molar-refractivity contribution is -0.274. The molecule has 2 aromatic carbocycles. The third kappa shape index (κ3) is 7.03. The van der Waals surface area contributed by atoms with E-state index in [1.165, 1.54) is 35.3 Å². The number of benzene rings is 2. The summed E-state index contributed by atoms with van der Waals surface area (Å²) >= 11 is 5.07. The Labute approximate surface area is 187 Å². The molecule has 8 nitrogen and oxygen atoms in total. The highest BCUT2D eigenvalue weighted by molar-refractivity contribution is 7.80. The second-order valence-corrected chi connectivity index (χ2v) is 6.70. The van der Waals surface area contributed by atoms with Crippen LogP contribution in [0.15, 0.2) is 60.0 Å². The van der Waals surface area contributed by atoms with Gasteiger partial charge in [0.15, 0.2) is 10.9 Å². The molecule has 0 saturated carbocycles. The largest absolute Gasteiger partial charge is 0.573 e. The van der Waals surface area contributed by atoms with Crippen molar-refractivity contribution in [2.24, 2.45) is 5.10 Å². The van der Waals surface area contributed by atoms with Crippen molar-refractivity contribution in [1.29, 1.82) is 0 Å². The highest BCUT2D eigenvalue weighted by Crippen LogP contribution is 2.24. The fraction of sp³-hybridized carbons (Fsp3) is 0.200. The Morgan fingerprint density at radius 2 is 1.88 bits per heavy atom. The van der Waals surface area contributed by atoms with Gasteiger partial charge in [-0.15, -0.1) is 18.3 Å². The molecule has 0 unspecified atom stereocenters. The van der Waals surface area contributed by atoms with Crippen molar-refractivity contribution >= 4 is 23.5 Å². The lowest BCUT2D eigenvalue weighted by Crippen LogP contribution is -2.34. The van der Waals surface area contributed by atoms with E-state index >= 15 is 0 Å². The molecule has 0 amide bonds. The molecule has 0 aliphatic carbocycles. The first-order valence-electron chi connectivity index (χ1n) is 9.28. The van der Waals surface area contributed by atoms with Crippen molar-refractivity contribution in [3.63, 3.8) is 0 Å². The lowest BCUT2D eigenvalue weighted by Gasteiger charge is -2.09. The second kappa shape index (κ2) is 10.7. The van der Waals surface area contributed by atoms with E-state index in [1.807, 2.05) is 24.3 Å². The van der Waals surface area contributed by atoms with Crippen LogP contribution in [0, 0.1) is 0 Å². The van der Waals surface area contributed by atoms with Crippen LogP contribution in [0.1, 0.15) is 5.56 Å². The number of aromatic nitrogens is 3. The Kier molecular flexibility index (Phi) is 7.73. The third-order valence-electron chi connectivity index (χ3n) is 3.97. The number of methoxy groups -OCH3 is 1. The molecule has 3 rings (SSSR count). The van der Waals surface area contributed by atoms with E-state index in [0.29, 0.717) is 29.8 Å². The number of hydrogen-bond acceptors (Lipinski definition) is 6. The first kappa shape index (κ1) is 23.2. The molecule has 0 fully saturated rings.